The van der Waals surface area contributed by atoms with Crippen molar-refractivity contribution in [2.24, 2.45) is 16.6 Å². The molecule has 3 atom stereocenters. The van der Waals surface area contributed by atoms with Gasteiger partial charge in [-0.3, -0.25) is 4.79 Å². The van der Waals surface area contributed by atoms with Gasteiger partial charge in [0.1, 0.15) is 42.2 Å². The zero-order valence-electron chi connectivity index (χ0n) is 16.0. The predicted octanol–water partition coefficient (Wildman–Crippen LogP) is 2.56. The molecule has 154 valence electrons. The summed E-state index contributed by atoms with van der Waals surface area (Å²) in [5.74, 6) is 1.64. The van der Waals surface area contributed by atoms with Crippen LogP contribution in [0, 0.1) is 24.1 Å². The third-order valence-electron chi connectivity index (χ3n) is 5.34. The molecule has 1 aromatic heterocycles. The molecule has 6 nitrogen and oxygen atoms in total. The second kappa shape index (κ2) is 7.75. The molecule has 0 radical (unpaired) electrons. The van der Waals surface area contributed by atoms with E-state index in [1.165, 1.54) is 30.5 Å². The average molecular weight is 411 g/mol. The van der Waals surface area contributed by atoms with Crippen LogP contribution in [0.15, 0.2) is 41.5 Å². The Bertz CT molecular complexity index is 1050. The second-order valence-corrected chi connectivity index (χ2v) is 7.29. The number of nitrogens with two attached hydrogens (primary N) is 1. The van der Waals surface area contributed by atoms with Gasteiger partial charge in [-0.25, -0.2) is 18.8 Å². The van der Waals surface area contributed by atoms with Gasteiger partial charge in [-0.15, -0.1) is 6.42 Å². The number of amidine groups is 1. The minimum absolute atomic E-state index is 0.0308. The van der Waals surface area contributed by atoms with E-state index in [1.54, 1.807) is 6.07 Å². The van der Waals surface area contributed by atoms with Gasteiger partial charge in [0.15, 0.2) is 5.78 Å². The SMILES string of the molecule is C#CCOc1ccc(C(=O)Cc2ccc(F)c([C@@]3(CF)N=C(N)O[C@@H]4C[C@@H]43)c2)nc1. The number of fused-ring (bicyclic) bond motifs is 1. The number of Topliss-reactive ketones (excluding diaryl/α,β-unsaturated/α-hetero) is 1. The number of aromatic nitrogens is 1. The summed E-state index contributed by atoms with van der Waals surface area (Å²) in [5.41, 5.74) is 5.09. The Morgan fingerprint density at radius 3 is 2.93 bits per heavy atom. The van der Waals surface area contributed by atoms with E-state index in [4.69, 9.17) is 21.6 Å². The van der Waals surface area contributed by atoms with Crippen molar-refractivity contribution < 1.29 is 23.0 Å². The van der Waals surface area contributed by atoms with Crippen LogP contribution in [0.4, 0.5) is 8.78 Å². The van der Waals surface area contributed by atoms with E-state index in [9.17, 15) is 13.6 Å². The molecule has 2 aromatic rings. The largest absolute Gasteiger partial charge is 0.479 e. The monoisotopic (exact) mass is 411 g/mol. The van der Waals surface area contributed by atoms with Gasteiger partial charge >= 0.3 is 0 Å². The number of carbonyl (C=O) groups is 1. The summed E-state index contributed by atoms with van der Waals surface area (Å²) in [6, 6.07) is 7.17. The highest BCUT2D eigenvalue weighted by Gasteiger charge is 2.60. The number of benzene rings is 1. The summed E-state index contributed by atoms with van der Waals surface area (Å²) in [6.07, 6.45) is 6.80. The number of ketones is 1. The molecule has 2 heterocycles. The Morgan fingerprint density at radius 1 is 1.40 bits per heavy atom. The first kappa shape index (κ1) is 19.8. The molecule has 2 aliphatic rings. The number of terminal acetylenes is 1. The Kier molecular flexibility index (Phi) is 5.12. The standard InChI is InChI=1S/C22H19F2N3O3/c1-2-7-29-14-4-6-18(26-11-14)19(28)9-13-3-5-17(24)15(8-13)22(12-23)16-10-20(16)30-21(25)27-22/h1,3-6,8,11,16,20H,7,9-10,12H2,(H2,25,27)/t16-,20+,22+/m0/s1. The summed E-state index contributed by atoms with van der Waals surface area (Å²) in [6.45, 7) is -0.809. The van der Waals surface area contributed by atoms with E-state index in [0.717, 1.165) is 0 Å². The quantitative estimate of drug-likeness (QED) is 0.559. The van der Waals surface area contributed by atoms with Gasteiger partial charge in [0.2, 0.25) is 0 Å². The summed E-state index contributed by atoms with van der Waals surface area (Å²) in [4.78, 5) is 20.8. The van der Waals surface area contributed by atoms with Gasteiger partial charge in [-0.1, -0.05) is 12.0 Å². The van der Waals surface area contributed by atoms with E-state index in [-0.39, 0.29) is 48.1 Å². The lowest BCUT2D eigenvalue weighted by Gasteiger charge is -2.31. The molecule has 0 amide bonds. The summed E-state index contributed by atoms with van der Waals surface area (Å²) >= 11 is 0. The topological polar surface area (TPSA) is 86.8 Å². The number of carbonyl (C=O) groups excluding carboxylic acids is 1. The van der Waals surface area contributed by atoms with Gasteiger partial charge in [-0.05, 0) is 36.2 Å². The maximum absolute atomic E-state index is 14.7. The van der Waals surface area contributed by atoms with Crippen molar-refractivity contribution in [2.75, 3.05) is 13.3 Å². The van der Waals surface area contributed by atoms with Crippen LogP contribution in [0.1, 0.15) is 28.0 Å². The minimum Gasteiger partial charge on any atom is -0.479 e. The first-order valence-corrected chi connectivity index (χ1v) is 9.39. The number of alkyl halides is 1. The fourth-order valence-corrected chi connectivity index (χ4v) is 3.77. The Hall–Kier alpha value is -3.47. The fourth-order valence-electron chi connectivity index (χ4n) is 3.77. The minimum atomic E-state index is -1.43. The van der Waals surface area contributed by atoms with Crippen molar-refractivity contribution in [3.8, 4) is 18.1 Å². The van der Waals surface area contributed by atoms with Crippen LogP contribution in [-0.4, -0.2) is 36.2 Å². The highest BCUT2D eigenvalue weighted by atomic mass is 19.1. The molecule has 4 rings (SSSR count). The number of nitrogens with zero attached hydrogens (tertiary/aromatic N) is 2. The van der Waals surface area contributed by atoms with E-state index in [1.807, 2.05) is 0 Å². The van der Waals surface area contributed by atoms with Crippen LogP contribution in [-0.2, 0) is 16.7 Å². The van der Waals surface area contributed by atoms with E-state index in [2.05, 4.69) is 15.9 Å². The third-order valence-corrected chi connectivity index (χ3v) is 5.34. The number of hydrogen-bond acceptors (Lipinski definition) is 6. The zero-order chi connectivity index (χ0) is 21.3. The maximum atomic E-state index is 14.7. The van der Waals surface area contributed by atoms with Gasteiger partial charge in [0.25, 0.3) is 6.02 Å². The van der Waals surface area contributed by atoms with Gasteiger partial charge in [-0.2, -0.15) is 0 Å². The van der Waals surface area contributed by atoms with E-state index < -0.39 is 18.0 Å². The molecule has 30 heavy (non-hydrogen) atoms. The van der Waals surface area contributed by atoms with Crippen LogP contribution in [0.3, 0.4) is 0 Å². The Balaban J connectivity index is 1.57. The lowest BCUT2D eigenvalue weighted by Crippen LogP contribution is -2.39. The Morgan fingerprint density at radius 2 is 2.23 bits per heavy atom. The van der Waals surface area contributed by atoms with Crippen molar-refractivity contribution in [1.82, 2.24) is 4.98 Å². The number of hydrogen-bond donors (Lipinski definition) is 1. The van der Waals surface area contributed by atoms with Crippen LogP contribution >= 0.6 is 0 Å². The number of halogens is 2. The number of ether oxygens (including phenoxy) is 2. The molecule has 0 unspecified atom stereocenters. The molecule has 1 aliphatic carbocycles. The van der Waals surface area contributed by atoms with Crippen LogP contribution in [0.2, 0.25) is 0 Å². The van der Waals surface area contributed by atoms with Gasteiger partial charge in [0.05, 0.1) is 6.20 Å². The van der Waals surface area contributed by atoms with Crippen molar-refractivity contribution in [3.05, 3.63) is 59.2 Å². The zero-order valence-corrected chi connectivity index (χ0v) is 16.0. The molecule has 8 heteroatoms. The maximum Gasteiger partial charge on any atom is 0.283 e. The van der Waals surface area contributed by atoms with Crippen molar-refractivity contribution >= 4 is 11.8 Å². The summed E-state index contributed by atoms with van der Waals surface area (Å²) in [5, 5.41) is 0. The van der Waals surface area contributed by atoms with Crippen LogP contribution in [0.25, 0.3) is 0 Å². The van der Waals surface area contributed by atoms with Gasteiger partial charge < -0.3 is 15.2 Å². The first-order chi connectivity index (χ1) is 14.5. The van der Waals surface area contributed by atoms with E-state index >= 15 is 0 Å². The molecule has 1 saturated carbocycles. The normalized spacial score (nSPS) is 24.1. The smallest absolute Gasteiger partial charge is 0.283 e. The van der Waals surface area contributed by atoms with Crippen LogP contribution < -0.4 is 10.5 Å². The lowest BCUT2D eigenvalue weighted by atomic mass is 9.84. The molecular formula is C22H19F2N3O3. The second-order valence-electron chi connectivity index (χ2n) is 7.29. The van der Waals surface area contributed by atoms with E-state index in [0.29, 0.717) is 17.7 Å². The van der Waals surface area contributed by atoms with Crippen LogP contribution in [0.5, 0.6) is 5.75 Å². The molecule has 1 aliphatic heterocycles. The van der Waals surface area contributed by atoms with Crippen molar-refractivity contribution in [1.29, 1.82) is 0 Å². The molecular weight excluding hydrogens is 392 g/mol. The van der Waals surface area contributed by atoms with Gasteiger partial charge in [0, 0.05) is 17.9 Å². The average Bonchev–Trinajstić information content (AvgIpc) is 3.53. The number of aliphatic imine (C=N–C) groups is 1. The molecule has 1 fully saturated rings. The number of pyridine rings is 1. The molecule has 0 bridgehead atoms. The third kappa shape index (κ3) is 3.59. The predicted molar refractivity (Wildman–Crippen MR) is 105 cm³/mol. The fraction of sp³-hybridized carbons (Fsp3) is 0.318. The summed E-state index contributed by atoms with van der Waals surface area (Å²) < 4.78 is 39.4. The lowest BCUT2D eigenvalue weighted by molar-refractivity contribution is 0.0988. The van der Waals surface area contributed by atoms with Crippen molar-refractivity contribution in [3.63, 3.8) is 0 Å². The molecule has 1 aromatic carbocycles. The summed E-state index contributed by atoms with van der Waals surface area (Å²) in [7, 11) is 0. The Labute approximate surface area is 172 Å². The highest BCUT2D eigenvalue weighted by molar-refractivity contribution is 5.95. The highest BCUT2D eigenvalue weighted by Crippen LogP contribution is 2.53. The number of rotatable bonds is 7. The first-order valence-electron chi connectivity index (χ1n) is 9.39. The molecule has 0 spiro atoms. The molecule has 2 N–H and O–H groups in total. The van der Waals surface area contributed by atoms with Crippen molar-refractivity contribution in [2.45, 2.75) is 24.5 Å². The molecule has 0 saturated heterocycles.